The number of benzene rings is 1. The van der Waals surface area contributed by atoms with Crippen LogP contribution in [0.2, 0.25) is 5.02 Å². The molecule has 0 N–H and O–H groups in total. The summed E-state index contributed by atoms with van der Waals surface area (Å²) in [6.07, 6.45) is 1.66. The van der Waals surface area contributed by atoms with Gasteiger partial charge in [-0.1, -0.05) is 41.6 Å². The Kier molecular flexibility index (Phi) is 5.38. The monoisotopic (exact) mass is 405 g/mol. The van der Waals surface area contributed by atoms with Gasteiger partial charge >= 0.3 is 0 Å². The van der Waals surface area contributed by atoms with Gasteiger partial charge in [-0.25, -0.2) is 0 Å². The van der Waals surface area contributed by atoms with Crippen molar-refractivity contribution >= 4 is 34.3 Å². The first-order valence-electron chi connectivity index (χ1n) is 8.86. The Bertz CT molecular complexity index is 883. The van der Waals surface area contributed by atoms with E-state index in [0.29, 0.717) is 18.0 Å². The van der Waals surface area contributed by atoms with Crippen molar-refractivity contribution in [3.63, 3.8) is 0 Å². The van der Waals surface area contributed by atoms with E-state index in [1.165, 1.54) is 16.4 Å². The van der Waals surface area contributed by atoms with E-state index in [1.807, 2.05) is 35.2 Å². The second kappa shape index (κ2) is 7.92. The predicted molar refractivity (Wildman–Crippen MR) is 108 cm³/mol. The minimum absolute atomic E-state index is 0.161. The zero-order valence-corrected chi connectivity index (χ0v) is 16.3. The molecular weight excluding hydrogens is 386 g/mol. The number of carbonyl (C=O) groups excluding carboxylic acids is 1. The number of nitrogens with zero attached hydrogens (tertiary/aromatic N) is 5. The maximum atomic E-state index is 12.6. The fraction of sp³-hybridized carbons (Fsp3) is 0.389. The highest BCUT2D eigenvalue weighted by Gasteiger charge is 2.26. The van der Waals surface area contributed by atoms with Gasteiger partial charge in [0.05, 0.1) is 24.2 Å². The first kappa shape index (κ1) is 18.3. The SMILES string of the molecule is O=C1SCCN1CN1CCN(c2cnn(-c3ccccc3)c(=O)c2Cl)CC1. The molecule has 2 saturated heterocycles. The minimum Gasteiger partial charge on any atom is -0.366 e. The molecule has 0 saturated carbocycles. The van der Waals surface area contributed by atoms with Crippen molar-refractivity contribution in [1.82, 2.24) is 19.6 Å². The molecule has 2 aromatic rings. The van der Waals surface area contributed by atoms with Crippen molar-refractivity contribution in [3.8, 4) is 5.69 Å². The summed E-state index contributed by atoms with van der Waals surface area (Å²) >= 11 is 7.77. The van der Waals surface area contributed by atoms with Gasteiger partial charge in [-0.3, -0.25) is 14.5 Å². The number of hydrogen-bond acceptors (Lipinski definition) is 6. The fourth-order valence-corrected chi connectivity index (χ4v) is 4.39. The number of thioether (sulfide) groups is 1. The fourth-order valence-electron chi connectivity index (χ4n) is 3.32. The molecule has 1 aromatic heterocycles. The summed E-state index contributed by atoms with van der Waals surface area (Å²) in [5.74, 6) is 0.873. The number of carbonyl (C=O) groups is 1. The number of halogens is 1. The van der Waals surface area contributed by atoms with E-state index in [0.717, 1.165) is 38.5 Å². The molecule has 2 aliphatic rings. The molecule has 9 heteroatoms. The molecule has 0 atom stereocenters. The molecule has 27 heavy (non-hydrogen) atoms. The summed E-state index contributed by atoms with van der Waals surface area (Å²) in [5.41, 5.74) is 1.04. The summed E-state index contributed by atoms with van der Waals surface area (Å²) in [4.78, 5) is 30.6. The Morgan fingerprint density at radius 1 is 1.04 bits per heavy atom. The van der Waals surface area contributed by atoms with Crippen molar-refractivity contribution in [2.45, 2.75) is 0 Å². The van der Waals surface area contributed by atoms with Gasteiger partial charge in [-0.15, -0.1) is 0 Å². The van der Waals surface area contributed by atoms with Crippen LogP contribution in [0.1, 0.15) is 0 Å². The predicted octanol–water partition coefficient (Wildman–Crippen LogP) is 2.13. The number of rotatable bonds is 4. The van der Waals surface area contributed by atoms with Crippen molar-refractivity contribution in [1.29, 1.82) is 0 Å². The zero-order chi connectivity index (χ0) is 18.8. The van der Waals surface area contributed by atoms with Crippen LogP contribution in [0.4, 0.5) is 10.5 Å². The van der Waals surface area contributed by atoms with Crippen LogP contribution in [-0.4, -0.2) is 70.0 Å². The van der Waals surface area contributed by atoms with Crippen LogP contribution in [0.3, 0.4) is 0 Å². The van der Waals surface area contributed by atoms with Crippen molar-refractivity contribution in [2.75, 3.05) is 50.0 Å². The van der Waals surface area contributed by atoms with Crippen LogP contribution >= 0.6 is 23.4 Å². The number of piperazine rings is 1. The quantitative estimate of drug-likeness (QED) is 0.776. The van der Waals surface area contributed by atoms with Crippen LogP contribution in [0.25, 0.3) is 5.69 Å². The average Bonchev–Trinajstić information content (AvgIpc) is 3.10. The largest absolute Gasteiger partial charge is 0.366 e. The van der Waals surface area contributed by atoms with Crippen LogP contribution in [-0.2, 0) is 0 Å². The lowest BCUT2D eigenvalue weighted by molar-refractivity contribution is 0.156. The first-order chi connectivity index (χ1) is 13.1. The Morgan fingerprint density at radius 2 is 1.78 bits per heavy atom. The Balaban J connectivity index is 1.45. The number of amides is 1. The second-order valence-electron chi connectivity index (χ2n) is 6.52. The normalized spacial score (nSPS) is 18.3. The third-order valence-corrected chi connectivity index (χ3v) is 6.08. The first-order valence-corrected chi connectivity index (χ1v) is 10.2. The van der Waals surface area contributed by atoms with Gasteiger partial charge in [0.15, 0.2) is 0 Å². The van der Waals surface area contributed by atoms with Crippen molar-refractivity contribution < 1.29 is 4.79 Å². The van der Waals surface area contributed by atoms with Gasteiger partial charge in [-0.2, -0.15) is 9.78 Å². The smallest absolute Gasteiger partial charge is 0.292 e. The molecular formula is C18H20ClN5O2S. The van der Waals surface area contributed by atoms with E-state index in [1.54, 1.807) is 6.20 Å². The Morgan fingerprint density at radius 3 is 2.44 bits per heavy atom. The van der Waals surface area contributed by atoms with Crippen LogP contribution in [0.5, 0.6) is 0 Å². The van der Waals surface area contributed by atoms with E-state index in [4.69, 9.17) is 11.6 Å². The molecule has 1 aromatic carbocycles. The molecule has 0 aliphatic carbocycles. The van der Waals surface area contributed by atoms with Gasteiger partial charge in [0, 0.05) is 38.5 Å². The summed E-state index contributed by atoms with van der Waals surface area (Å²) in [5, 5.41) is 4.66. The Labute approximate surface area is 166 Å². The van der Waals surface area contributed by atoms with E-state index >= 15 is 0 Å². The van der Waals surface area contributed by atoms with Gasteiger partial charge in [-0.05, 0) is 12.1 Å². The van der Waals surface area contributed by atoms with Gasteiger partial charge in [0.2, 0.25) is 0 Å². The highest BCUT2D eigenvalue weighted by molar-refractivity contribution is 8.13. The molecule has 4 rings (SSSR count). The lowest BCUT2D eigenvalue weighted by Crippen LogP contribution is -2.50. The molecule has 3 heterocycles. The van der Waals surface area contributed by atoms with E-state index < -0.39 is 0 Å². The van der Waals surface area contributed by atoms with Crippen molar-refractivity contribution in [3.05, 3.63) is 51.9 Å². The number of hydrogen-bond donors (Lipinski definition) is 0. The molecule has 142 valence electrons. The lowest BCUT2D eigenvalue weighted by atomic mass is 10.3. The zero-order valence-electron chi connectivity index (χ0n) is 14.8. The number of para-hydroxylation sites is 1. The summed E-state index contributed by atoms with van der Waals surface area (Å²) in [7, 11) is 0. The molecule has 2 fully saturated rings. The molecule has 0 bridgehead atoms. The average molecular weight is 406 g/mol. The third kappa shape index (κ3) is 3.83. The third-order valence-electron chi connectivity index (χ3n) is 4.83. The standard InChI is InChI=1S/C18H20ClN5O2S/c19-16-15(12-20-24(17(16)25)14-4-2-1-3-5-14)22-8-6-21(7-9-22)13-23-10-11-27-18(23)26/h1-5,12H,6-11,13H2. The Hall–Kier alpha value is -2.03. The number of anilines is 1. The highest BCUT2D eigenvalue weighted by atomic mass is 35.5. The van der Waals surface area contributed by atoms with Crippen LogP contribution in [0.15, 0.2) is 41.3 Å². The highest BCUT2D eigenvalue weighted by Crippen LogP contribution is 2.24. The number of aromatic nitrogens is 2. The molecule has 0 radical (unpaired) electrons. The maximum absolute atomic E-state index is 12.6. The van der Waals surface area contributed by atoms with Gasteiger partial charge < -0.3 is 9.80 Å². The van der Waals surface area contributed by atoms with Gasteiger partial charge in [0.1, 0.15) is 5.02 Å². The summed E-state index contributed by atoms with van der Waals surface area (Å²) < 4.78 is 1.32. The van der Waals surface area contributed by atoms with Crippen LogP contribution in [0, 0.1) is 0 Å². The molecule has 0 spiro atoms. The molecule has 7 nitrogen and oxygen atoms in total. The summed E-state index contributed by atoms with van der Waals surface area (Å²) in [6.45, 7) is 4.59. The van der Waals surface area contributed by atoms with E-state index in [2.05, 4.69) is 14.9 Å². The van der Waals surface area contributed by atoms with Gasteiger partial charge in [0.25, 0.3) is 10.8 Å². The second-order valence-corrected chi connectivity index (χ2v) is 7.94. The van der Waals surface area contributed by atoms with Crippen LogP contribution < -0.4 is 10.5 Å². The maximum Gasteiger partial charge on any atom is 0.292 e. The topological polar surface area (TPSA) is 61.7 Å². The molecule has 1 amide bonds. The minimum atomic E-state index is -0.317. The molecule has 2 aliphatic heterocycles. The molecule has 0 unspecified atom stereocenters. The van der Waals surface area contributed by atoms with Crippen molar-refractivity contribution in [2.24, 2.45) is 0 Å². The summed E-state index contributed by atoms with van der Waals surface area (Å²) in [6, 6.07) is 9.24. The van der Waals surface area contributed by atoms with E-state index in [9.17, 15) is 9.59 Å². The lowest BCUT2D eigenvalue weighted by Gasteiger charge is -2.37. The van der Waals surface area contributed by atoms with E-state index in [-0.39, 0.29) is 15.8 Å².